The van der Waals surface area contributed by atoms with Crippen molar-refractivity contribution in [2.24, 2.45) is 4.99 Å². The van der Waals surface area contributed by atoms with Crippen molar-refractivity contribution in [2.45, 2.75) is 26.8 Å². The van der Waals surface area contributed by atoms with Gasteiger partial charge in [0.1, 0.15) is 5.82 Å². The molecule has 0 bridgehead atoms. The van der Waals surface area contributed by atoms with Crippen LogP contribution in [0.25, 0.3) is 0 Å². The average Bonchev–Trinajstić information content (AvgIpc) is 2.92. The zero-order chi connectivity index (χ0) is 15.8. The molecule has 0 amide bonds. The highest BCUT2D eigenvalue weighted by atomic mass is 127. The van der Waals surface area contributed by atoms with E-state index in [2.05, 4.69) is 27.5 Å². The molecule has 23 heavy (non-hydrogen) atoms. The van der Waals surface area contributed by atoms with E-state index in [1.165, 1.54) is 17.0 Å². The molecule has 4 nitrogen and oxygen atoms in total. The smallest absolute Gasteiger partial charge is 0.191 e. The number of hydrogen-bond acceptors (Lipinski definition) is 3. The van der Waals surface area contributed by atoms with Crippen LogP contribution >= 0.6 is 35.3 Å². The van der Waals surface area contributed by atoms with Crippen LogP contribution in [0.5, 0.6) is 0 Å². The lowest BCUT2D eigenvalue weighted by Crippen LogP contribution is -2.38. The first kappa shape index (κ1) is 19.8. The Morgan fingerprint density at radius 1 is 1.26 bits per heavy atom. The number of halogens is 2. The minimum Gasteiger partial charge on any atom is -0.357 e. The van der Waals surface area contributed by atoms with Gasteiger partial charge in [-0.05, 0) is 31.5 Å². The van der Waals surface area contributed by atoms with Crippen molar-refractivity contribution >= 4 is 41.3 Å². The van der Waals surface area contributed by atoms with Gasteiger partial charge in [0.2, 0.25) is 0 Å². The molecule has 0 atom stereocenters. The van der Waals surface area contributed by atoms with Gasteiger partial charge in [-0.2, -0.15) is 0 Å². The highest BCUT2D eigenvalue weighted by molar-refractivity contribution is 14.0. The maximum Gasteiger partial charge on any atom is 0.191 e. The van der Waals surface area contributed by atoms with Crippen molar-refractivity contribution in [1.29, 1.82) is 0 Å². The number of aliphatic imine (C=N–C) groups is 1. The van der Waals surface area contributed by atoms with E-state index >= 15 is 0 Å². The number of aryl methyl sites for hydroxylation is 1. The van der Waals surface area contributed by atoms with Crippen molar-refractivity contribution in [3.8, 4) is 0 Å². The molecule has 7 heteroatoms. The van der Waals surface area contributed by atoms with Crippen LogP contribution in [0.4, 0.5) is 4.39 Å². The number of nitrogens with one attached hydrogen (secondary N) is 2. The van der Waals surface area contributed by atoms with Crippen LogP contribution < -0.4 is 10.6 Å². The molecule has 0 saturated heterocycles. The van der Waals surface area contributed by atoms with E-state index in [4.69, 9.17) is 0 Å². The topological polar surface area (TPSA) is 49.3 Å². The number of thiazole rings is 1. The van der Waals surface area contributed by atoms with Crippen molar-refractivity contribution in [3.63, 3.8) is 0 Å². The molecule has 0 fully saturated rings. The fraction of sp³-hybridized carbons (Fsp3) is 0.375. The van der Waals surface area contributed by atoms with E-state index in [1.54, 1.807) is 23.5 Å². The third-order valence-corrected chi connectivity index (χ3v) is 3.95. The molecule has 1 aromatic carbocycles. The number of guanidine groups is 1. The molecule has 0 aliphatic carbocycles. The summed E-state index contributed by atoms with van der Waals surface area (Å²) < 4.78 is 12.9. The van der Waals surface area contributed by atoms with Gasteiger partial charge in [-0.15, -0.1) is 35.3 Å². The van der Waals surface area contributed by atoms with Crippen molar-refractivity contribution in [3.05, 3.63) is 51.7 Å². The van der Waals surface area contributed by atoms with E-state index < -0.39 is 0 Å². The van der Waals surface area contributed by atoms with Gasteiger partial charge in [0.05, 0.1) is 11.6 Å². The zero-order valence-corrected chi connectivity index (χ0v) is 16.5. The average molecular weight is 448 g/mol. The second kappa shape index (κ2) is 10.5. The minimum absolute atomic E-state index is 0. The standard InChI is InChI=1S/C16H21FN4S.HI/c1-3-18-16(19-9-8-15-20-10-12(2)22-15)21-11-13-4-6-14(17)7-5-13;/h4-7,10H,3,8-9,11H2,1-2H3,(H2,18,19,21);1H. The normalized spacial score (nSPS) is 11.0. The fourth-order valence-corrected chi connectivity index (χ4v) is 2.69. The molecular weight excluding hydrogens is 426 g/mol. The fourth-order valence-electron chi connectivity index (χ4n) is 1.91. The van der Waals surface area contributed by atoms with Crippen molar-refractivity contribution in [1.82, 2.24) is 15.6 Å². The van der Waals surface area contributed by atoms with Crippen LogP contribution in [-0.2, 0) is 13.0 Å². The van der Waals surface area contributed by atoms with Crippen LogP contribution in [0.2, 0.25) is 0 Å². The third kappa shape index (κ3) is 7.26. The molecule has 1 aromatic heterocycles. The highest BCUT2D eigenvalue weighted by Crippen LogP contribution is 2.10. The number of hydrogen-bond donors (Lipinski definition) is 2. The lowest BCUT2D eigenvalue weighted by Gasteiger charge is -2.10. The molecular formula is C16H22FIN4S. The number of aromatic nitrogens is 1. The highest BCUT2D eigenvalue weighted by Gasteiger charge is 2.01. The SMILES string of the molecule is CCNC(=NCc1ccc(F)cc1)NCCc1ncc(C)s1.I. The Bertz CT molecular complexity index is 613. The Kier molecular flexibility index (Phi) is 9.08. The quantitative estimate of drug-likeness (QED) is 0.404. The molecule has 0 aliphatic heterocycles. The first-order valence-corrected chi connectivity index (χ1v) is 8.17. The second-order valence-corrected chi connectivity index (χ2v) is 6.18. The van der Waals surface area contributed by atoms with E-state index in [1.807, 2.05) is 13.1 Å². The molecule has 2 aromatic rings. The number of benzene rings is 1. The summed E-state index contributed by atoms with van der Waals surface area (Å²) in [4.78, 5) is 10.1. The monoisotopic (exact) mass is 448 g/mol. The molecule has 126 valence electrons. The molecule has 0 saturated carbocycles. The molecule has 2 N–H and O–H groups in total. The van der Waals surface area contributed by atoms with Gasteiger partial charge in [-0.25, -0.2) is 14.4 Å². The summed E-state index contributed by atoms with van der Waals surface area (Å²) in [6.45, 7) is 6.18. The predicted octanol–water partition coefficient (Wildman–Crippen LogP) is 3.51. The molecule has 0 radical (unpaired) electrons. The van der Waals surface area contributed by atoms with Crippen LogP contribution in [0.3, 0.4) is 0 Å². The first-order chi connectivity index (χ1) is 10.7. The molecule has 0 aliphatic rings. The lowest BCUT2D eigenvalue weighted by molar-refractivity contribution is 0.627. The number of nitrogens with zero attached hydrogens (tertiary/aromatic N) is 2. The summed E-state index contributed by atoms with van der Waals surface area (Å²) in [5, 5.41) is 7.62. The molecule has 0 spiro atoms. The maximum atomic E-state index is 12.9. The van der Waals surface area contributed by atoms with Gasteiger partial charge < -0.3 is 10.6 Å². The van der Waals surface area contributed by atoms with Crippen LogP contribution in [0.1, 0.15) is 22.4 Å². The minimum atomic E-state index is -0.225. The summed E-state index contributed by atoms with van der Waals surface area (Å²) in [7, 11) is 0. The molecule has 2 rings (SSSR count). The predicted molar refractivity (Wildman–Crippen MR) is 105 cm³/mol. The Morgan fingerprint density at radius 3 is 2.61 bits per heavy atom. The second-order valence-electron chi connectivity index (χ2n) is 4.86. The van der Waals surface area contributed by atoms with Crippen molar-refractivity contribution < 1.29 is 4.39 Å². The summed E-state index contributed by atoms with van der Waals surface area (Å²) in [6.07, 6.45) is 2.77. The summed E-state index contributed by atoms with van der Waals surface area (Å²) in [6, 6.07) is 6.41. The Labute approximate surface area is 157 Å². The Morgan fingerprint density at radius 2 is 2.00 bits per heavy atom. The van der Waals surface area contributed by atoms with Crippen LogP contribution in [0.15, 0.2) is 35.5 Å². The number of rotatable bonds is 6. The van der Waals surface area contributed by atoms with Gasteiger partial charge >= 0.3 is 0 Å². The molecule has 1 heterocycles. The Hall–Kier alpha value is -1.22. The van der Waals surface area contributed by atoms with E-state index in [0.29, 0.717) is 6.54 Å². The van der Waals surface area contributed by atoms with Gasteiger partial charge in [0, 0.05) is 30.6 Å². The largest absolute Gasteiger partial charge is 0.357 e. The van der Waals surface area contributed by atoms with Gasteiger partial charge in [-0.1, -0.05) is 12.1 Å². The van der Waals surface area contributed by atoms with E-state index in [0.717, 1.165) is 36.0 Å². The van der Waals surface area contributed by atoms with E-state index in [9.17, 15) is 4.39 Å². The zero-order valence-electron chi connectivity index (χ0n) is 13.3. The molecule has 0 unspecified atom stereocenters. The third-order valence-electron chi connectivity index (χ3n) is 2.98. The Balaban J connectivity index is 0.00000264. The van der Waals surface area contributed by atoms with Gasteiger partial charge in [0.25, 0.3) is 0 Å². The summed E-state index contributed by atoms with van der Waals surface area (Å²) >= 11 is 1.72. The first-order valence-electron chi connectivity index (χ1n) is 7.35. The summed E-state index contributed by atoms with van der Waals surface area (Å²) in [5.41, 5.74) is 0.981. The van der Waals surface area contributed by atoms with Gasteiger partial charge in [-0.3, -0.25) is 0 Å². The van der Waals surface area contributed by atoms with Crippen LogP contribution in [-0.4, -0.2) is 24.0 Å². The van der Waals surface area contributed by atoms with Crippen molar-refractivity contribution in [2.75, 3.05) is 13.1 Å². The van der Waals surface area contributed by atoms with Crippen LogP contribution in [0, 0.1) is 12.7 Å². The maximum absolute atomic E-state index is 12.9. The summed E-state index contributed by atoms with van der Waals surface area (Å²) in [5.74, 6) is 0.539. The van der Waals surface area contributed by atoms with Gasteiger partial charge in [0.15, 0.2) is 5.96 Å². The van der Waals surface area contributed by atoms with E-state index in [-0.39, 0.29) is 29.8 Å². The lowest BCUT2D eigenvalue weighted by atomic mass is 10.2.